The van der Waals surface area contributed by atoms with Gasteiger partial charge in [0.05, 0.1) is 5.56 Å². The number of nitrogens with one attached hydrogen (secondary N) is 1. The molecule has 0 radical (unpaired) electrons. The molecule has 6 nitrogen and oxygen atoms in total. The number of halogens is 1. The Morgan fingerprint density at radius 3 is 2.84 bits per heavy atom. The van der Waals surface area contributed by atoms with Crippen molar-refractivity contribution in [2.24, 2.45) is 0 Å². The van der Waals surface area contributed by atoms with Gasteiger partial charge in [0.2, 0.25) is 0 Å². The monoisotopic (exact) mass is 274 g/mol. The molecule has 3 aromatic rings. The van der Waals surface area contributed by atoms with Crippen molar-refractivity contribution >= 4 is 34.6 Å². The van der Waals surface area contributed by atoms with Crippen LogP contribution in [0.3, 0.4) is 0 Å². The van der Waals surface area contributed by atoms with Crippen molar-refractivity contribution in [1.82, 2.24) is 19.0 Å². The molecule has 0 unspecified atom stereocenters. The molecule has 0 aliphatic rings. The summed E-state index contributed by atoms with van der Waals surface area (Å²) >= 11 is 6.27. The molecule has 0 bridgehead atoms. The molecule has 19 heavy (non-hydrogen) atoms. The number of pyridine rings is 2. The van der Waals surface area contributed by atoms with Crippen molar-refractivity contribution < 1.29 is 0 Å². The van der Waals surface area contributed by atoms with Gasteiger partial charge in [0.15, 0.2) is 11.5 Å². The molecule has 7 heteroatoms. The van der Waals surface area contributed by atoms with Crippen molar-refractivity contribution in [2.45, 2.75) is 0 Å². The first-order valence-electron chi connectivity index (χ1n) is 5.65. The van der Waals surface area contributed by atoms with Gasteiger partial charge in [-0.25, -0.2) is 19.0 Å². The average molecular weight is 275 g/mol. The number of nitrogen functional groups attached to an aromatic ring is 1. The summed E-state index contributed by atoms with van der Waals surface area (Å²) in [5, 5.41) is 2.96. The van der Waals surface area contributed by atoms with Gasteiger partial charge in [0.1, 0.15) is 17.2 Å². The van der Waals surface area contributed by atoms with Crippen molar-refractivity contribution in [3.63, 3.8) is 0 Å². The summed E-state index contributed by atoms with van der Waals surface area (Å²) in [5.74, 6) is 1.64. The lowest BCUT2D eigenvalue weighted by molar-refractivity contribution is 1.20. The van der Waals surface area contributed by atoms with Gasteiger partial charge in [-0.2, -0.15) is 0 Å². The number of nitrogens with two attached hydrogens (primary N) is 1. The van der Waals surface area contributed by atoms with E-state index in [2.05, 4.69) is 20.3 Å². The van der Waals surface area contributed by atoms with Crippen LogP contribution in [0.2, 0.25) is 0 Å². The Bertz CT molecular complexity index is 751. The van der Waals surface area contributed by atoms with Crippen LogP contribution in [-0.2, 0) is 0 Å². The highest BCUT2D eigenvalue weighted by Crippen LogP contribution is 2.28. The van der Waals surface area contributed by atoms with Crippen molar-refractivity contribution in [2.75, 3.05) is 18.1 Å². The van der Waals surface area contributed by atoms with Crippen molar-refractivity contribution in [3.8, 4) is 11.4 Å². The molecule has 0 aromatic carbocycles. The van der Waals surface area contributed by atoms with Crippen LogP contribution in [0.25, 0.3) is 22.6 Å². The summed E-state index contributed by atoms with van der Waals surface area (Å²) in [4.78, 5) is 12.8. The molecule has 0 amide bonds. The van der Waals surface area contributed by atoms with Gasteiger partial charge in [0.25, 0.3) is 0 Å². The van der Waals surface area contributed by atoms with Crippen LogP contribution in [0, 0.1) is 0 Å². The molecule has 0 atom stereocenters. The lowest BCUT2D eigenvalue weighted by atomic mass is 10.2. The van der Waals surface area contributed by atoms with Crippen LogP contribution in [0.1, 0.15) is 0 Å². The lowest BCUT2D eigenvalue weighted by Crippen LogP contribution is -1.97. The third kappa shape index (κ3) is 1.86. The van der Waals surface area contributed by atoms with Crippen LogP contribution >= 0.6 is 11.8 Å². The summed E-state index contributed by atoms with van der Waals surface area (Å²) in [5.41, 5.74) is 7.80. The van der Waals surface area contributed by atoms with Gasteiger partial charge in [-0.05, 0) is 24.3 Å². The van der Waals surface area contributed by atoms with Gasteiger partial charge in [0, 0.05) is 25.0 Å². The molecule has 0 aliphatic heterocycles. The lowest BCUT2D eigenvalue weighted by Gasteiger charge is -2.02. The van der Waals surface area contributed by atoms with Crippen LogP contribution in [0.15, 0.2) is 30.5 Å². The van der Waals surface area contributed by atoms with E-state index in [4.69, 9.17) is 17.5 Å². The molecular formula is C12H11ClN6. The fraction of sp³-hybridized carbons (Fsp3) is 0.0833. The maximum atomic E-state index is 6.27. The quantitative estimate of drug-likeness (QED) is 0.748. The Morgan fingerprint density at radius 2 is 2.11 bits per heavy atom. The number of aromatic nitrogens is 4. The molecule has 0 spiro atoms. The fourth-order valence-corrected chi connectivity index (χ4v) is 2.10. The first-order valence-corrected chi connectivity index (χ1v) is 5.99. The fourth-order valence-electron chi connectivity index (χ4n) is 1.84. The smallest absolute Gasteiger partial charge is 0.177 e. The summed E-state index contributed by atoms with van der Waals surface area (Å²) in [6, 6.07) is 7.29. The van der Waals surface area contributed by atoms with E-state index in [1.807, 2.05) is 18.2 Å². The largest absolute Gasteiger partial charge is 0.383 e. The third-order valence-corrected chi connectivity index (χ3v) is 3.11. The number of rotatable bonds is 2. The minimum Gasteiger partial charge on any atom is -0.383 e. The zero-order valence-corrected chi connectivity index (χ0v) is 10.9. The highest BCUT2D eigenvalue weighted by molar-refractivity contribution is 6.20. The van der Waals surface area contributed by atoms with Crippen LogP contribution in [-0.4, -0.2) is 26.1 Å². The maximum absolute atomic E-state index is 6.27. The molecule has 0 aliphatic carbocycles. The Labute approximate surface area is 114 Å². The maximum Gasteiger partial charge on any atom is 0.177 e. The number of nitrogens with zero attached hydrogens (tertiary/aromatic N) is 4. The normalized spacial score (nSPS) is 10.8. The molecule has 3 N–H and O–H groups in total. The topological polar surface area (TPSA) is 81.6 Å². The van der Waals surface area contributed by atoms with Gasteiger partial charge in [-0.3, -0.25) is 0 Å². The van der Waals surface area contributed by atoms with E-state index in [0.29, 0.717) is 28.4 Å². The number of fused-ring (bicyclic) bond motifs is 1. The summed E-state index contributed by atoms with van der Waals surface area (Å²) in [7, 11) is 1.79. The molecule has 3 aromatic heterocycles. The zero-order valence-electron chi connectivity index (χ0n) is 10.1. The molecule has 0 saturated heterocycles. The SMILES string of the molecule is CNc1ccc2nc(-c3cccnc3N)n(Cl)c2n1. The standard InChI is InChI=1S/C12H11ClN6/c1-15-9-5-4-8-12(18-9)19(13)11(17-8)7-3-2-6-16-10(7)14/h2-6H,1H3,(H2,14,16)(H,15,18). The van der Waals surface area contributed by atoms with E-state index < -0.39 is 0 Å². The van der Waals surface area contributed by atoms with Crippen LogP contribution < -0.4 is 11.1 Å². The van der Waals surface area contributed by atoms with E-state index >= 15 is 0 Å². The molecule has 96 valence electrons. The van der Waals surface area contributed by atoms with E-state index in [1.54, 1.807) is 19.3 Å². The predicted octanol–water partition coefficient (Wildman–Crippen LogP) is 2.12. The van der Waals surface area contributed by atoms with Crippen LogP contribution in [0.5, 0.6) is 0 Å². The first-order chi connectivity index (χ1) is 9.20. The number of hydrogen-bond acceptors (Lipinski definition) is 5. The molecule has 3 heterocycles. The zero-order chi connectivity index (χ0) is 13.4. The predicted molar refractivity (Wildman–Crippen MR) is 76.0 cm³/mol. The van der Waals surface area contributed by atoms with E-state index in [1.165, 1.54) is 4.09 Å². The van der Waals surface area contributed by atoms with Gasteiger partial charge < -0.3 is 11.1 Å². The number of anilines is 2. The Kier molecular flexibility index (Phi) is 2.72. The molecular weight excluding hydrogens is 264 g/mol. The second-order valence-corrected chi connectivity index (χ2v) is 4.28. The Hall–Kier alpha value is -2.34. The summed E-state index contributed by atoms with van der Waals surface area (Å²) in [6.45, 7) is 0. The second-order valence-electron chi connectivity index (χ2n) is 3.94. The van der Waals surface area contributed by atoms with Gasteiger partial charge in [-0.15, -0.1) is 0 Å². The Morgan fingerprint density at radius 1 is 1.26 bits per heavy atom. The average Bonchev–Trinajstić information content (AvgIpc) is 2.76. The second kappa shape index (κ2) is 4.40. The summed E-state index contributed by atoms with van der Waals surface area (Å²) < 4.78 is 1.39. The highest BCUT2D eigenvalue weighted by Gasteiger charge is 2.15. The van der Waals surface area contributed by atoms with E-state index in [9.17, 15) is 0 Å². The summed E-state index contributed by atoms with van der Waals surface area (Å²) in [6.07, 6.45) is 1.62. The minimum atomic E-state index is 0.383. The third-order valence-electron chi connectivity index (χ3n) is 2.79. The van der Waals surface area contributed by atoms with Crippen molar-refractivity contribution in [3.05, 3.63) is 30.5 Å². The number of imidazole rings is 1. The number of hydrogen-bond donors (Lipinski definition) is 2. The highest BCUT2D eigenvalue weighted by atomic mass is 35.5. The van der Waals surface area contributed by atoms with Gasteiger partial charge in [-0.1, -0.05) is 0 Å². The minimum absolute atomic E-state index is 0.383. The molecule has 0 saturated carbocycles. The van der Waals surface area contributed by atoms with E-state index in [-0.39, 0.29) is 0 Å². The van der Waals surface area contributed by atoms with E-state index in [0.717, 1.165) is 5.82 Å². The van der Waals surface area contributed by atoms with Crippen molar-refractivity contribution in [1.29, 1.82) is 0 Å². The Balaban J connectivity index is 2.26. The van der Waals surface area contributed by atoms with Gasteiger partial charge >= 0.3 is 0 Å². The molecule has 0 fully saturated rings. The first kappa shape index (κ1) is 11.7. The molecule has 3 rings (SSSR count). The van der Waals surface area contributed by atoms with Crippen LogP contribution in [0.4, 0.5) is 11.6 Å².